The summed E-state index contributed by atoms with van der Waals surface area (Å²) in [5, 5.41) is 3.34. The maximum absolute atomic E-state index is 3.34. The number of nitrogens with one attached hydrogen (secondary N) is 1. The Morgan fingerprint density at radius 2 is 1.80 bits per heavy atom. The van der Waals surface area contributed by atoms with Crippen LogP contribution in [0.1, 0.15) is 13.3 Å². The molecule has 1 nitrogen and oxygen atoms in total. The molecule has 0 amide bonds. The van der Waals surface area contributed by atoms with Crippen LogP contribution in [0.15, 0.2) is 0 Å². The molecule has 0 saturated heterocycles. The predicted molar refractivity (Wildman–Crippen MR) is 51.3 cm³/mol. The van der Waals surface area contributed by atoms with Crippen molar-refractivity contribution in [1.82, 2.24) is 5.32 Å². The van der Waals surface area contributed by atoms with Crippen LogP contribution in [0.25, 0.3) is 0 Å². The summed E-state index contributed by atoms with van der Waals surface area (Å²) in [6, 6.07) is 1.46. The quantitative estimate of drug-likeness (QED) is 0.479. The lowest BCUT2D eigenvalue weighted by molar-refractivity contribution is 0.699. The van der Waals surface area contributed by atoms with Crippen LogP contribution >= 0.6 is 0 Å². The fourth-order valence-electron chi connectivity index (χ4n) is 0.920. The smallest absolute Gasteiger partial charge is 0.0443 e. The Balaban J connectivity index is 3.04. The monoisotopic (exact) mass is 159 g/mol. The summed E-state index contributed by atoms with van der Waals surface area (Å²) in [5.41, 5.74) is 0. The maximum atomic E-state index is 3.34. The van der Waals surface area contributed by atoms with Crippen molar-refractivity contribution in [3.8, 4) is 0 Å². The average molecular weight is 159 g/mol. The first-order valence-electron chi connectivity index (χ1n) is 4.27. The molecule has 0 radical (unpaired) electrons. The minimum Gasteiger partial charge on any atom is -0.317 e. The fraction of sp³-hybridized carbons (Fsp3) is 1.00. The lowest BCUT2D eigenvalue weighted by Crippen LogP contribution is -2.22. The lowest BCUT2D eigenvalue weighted by Gasteiger charge is -2.14. The molecule has 0 saturated carbocycles. The summed E-state index contributed by atoms with van der Waals surface area (Å²) in [6.45, 7) is 11.8. The van der Waals surface area contributed by atoms with Gasteiger partial charge in [-0.25, -0.2) is 0 Å². The third-order valence-electron chi connectivity index (χ3n) is 1.53. The van der Waals surface area contributed by atoms with E-state index in [0.717, 1.165) is 6.54 Å². The number of rotatable bonds is 5. The zero-order chi connectivity index (χ0) is 8.04. The highest BCUT2D eigenvalue weighted by Crippen LogP contribution is 2.09. The van der Waals surface area contributed by atoms with Gasteiger partial charge in [0.2, 0.25) is 0 Å². The van der Waals surface area contributed by atoms with Crippen molar-refractivity contribution >= 4 is 8.07 Å². The molecule has 2 heteroatoms. The summed E-state index contributed by atoms with van der Waals surface area (Å²) < 4.78 is 0. The molecule has 0 aliphatic rings. The highest BCUT2D eigenvalue weighted by molar-refractivity contribution is 6.76. The van der Waals surface area contributed by atoms with Crippen molar-refractivity contribution in [2.75, 3.05) is 13.1 Å². The molecule has 0 aromatic rings. The standard InChI is InChI=1S/C8H21NSi/c1-5-9-7-6-8-10(2,3)4/h9H,5-8H2,1-4H3. The molecule has 0 heterocycles. The van der Waals surface area contributed by atoms with E-state index in [1.54, 1.807) is 0 Å². The van der Waals surface area contributed by atoms with Crippen molar-refractivity contribution < 1.29 is 0 Å². The van der Waals surface area contributed by atoms with Crippen LogP contribution in [0, 0.1) is 0 Å². The number of hydrogen-bond donors (Lipinski definition) is 1. The van der Waals surface area contributed by atoms with Gasteiger partial charge in [-0.05, 0) is 19.5 Å². The fourth-order valence-corrected chi connectivity index (χ4v) is 2.16. The normalized spacial score (nSPS) is 12.0. The largest absolute Gasteiger partial charge is 0.317 e. The summed E-state index contributed by atoms with van der Waals surface area (Å²) in [4.78, 5) is 0. The molecule has 0 aliphatic heterocycles. The molecule has 0 bridgehead atoms. The van der Waals surface area contributed by atoms with Crippen LogP contribution < -0.4 is 5.32 Å². The third kappa shape index (κ3) is 8.18. The van der Waals surface area contributed by atoms with Crippen molar-refractivity contribution in [2.45, 2.75) is 39.0 Å². The first-order chi connectivity index (χ1) is 4.56. The Labute approximate surface area is 66.2 Å². The second-order valence-electron chi connectivity index (χ2n) is 4.02. The second-order valence-corrected chi connectivity index (χ2v) is 9.64. The second kappa shape index (κ2) is 4.91. The first-order valence-corrected chi connectivity index (χ1v) is 7.97. The van der Waals surface area contributed by atoms with Crippen LogP contribution in [0.5, 0.6) is 0 Å². The van der Waals surface area contributed by atoms with Crippen LogP contribution in [-0.4, -0.2) is 21.2 Å². The molecular formula is C8H21NSi. The van der Waals surface area contributed by atoms with Gasteiger partial charge in [0.1, 0.15) is 0 Å². The van der Waals surface area contributed by atoms with Crippen LogP contribution in [-0.2, 0) is 0 Å². The van der Waals surface area contributed by atoms with Crippen LogP contribution in [0.3, 0.4) is 0 Å². The van der Waals surface area contributed by atoms with Gasteiger partial charge in [0.15, 0.2) is 0 Å². The molecule has 0 aliphatic carbocycles. The SMILES string of the molecule is CCNCCC[Si](C)(C)C. The van der Waals surface area contributed by atoms with Gasteiger partial charge in [0, 0.05) is 8.07 Å². The van der Waals surface area contributed by atoms with Gasteiger partial charge in [-0.2, -0.15) is 0 Å². The molecule has 0 aromatic carbocycles. The average Bonchev–Trinajstić information content (AvgIpc) is 1.78. The van der Waals surface area contributed by atoms with Crippen molar-refractivity contribution in [3.05, 3.63) is 0 Å². The molecule has 0 fully saturated rings. The first kappa shape index (κ1) is 10.2. The van der Waals surface area contributed by atoms with E-state index in [1.165, 1.54) is 19.0 Å². The van der Waals surface area contributed by atoms with E-state index in [9.17, 15) is 0 Å². The molecule has 0 rings (SSSR count). The molecule has 62 valence electrons. The summed E-state index contributed by atoms with van der Waals surface area (Å²) in [6.07, 6.45) is 1.36. The van der Waals surface area contributed by atoms with E-state index in [-0.39, 0.29) is 0 Å². The Hall–Kier alpha value is 0.177. The van der Waals surface area contributed by atoms with Gasteiger partial charge >= 0.3 is 0 Å². The molecule has 0 atom stereocenters. The van der Waals surface area contributed by atoms with E-state index in [1.807, 2.05) is 0 Å². The molecular weight excluding hydrogens is 138 g/mol. The van der Waals surface area contributed by atoms with E-state index in [4.69, 9.17) is 0 Å². The van der Waals surface area contributed by atoms with E-state index >= 15 is 0 Å². The Bertz CT molecular complexity index is 75.8. The minimum atomic E-state index is -0.747. The van der Waals surface area contributed by atoms with E-state index < -0.39 is 8.07 Å². The maximum Gasteiger partial charge on any atom is 0.0443 e. The zero-order valence-electron chi connectivity index (χ0n) is 7.83. The van der Waals surface area contributed by atoms with Gasteiger partial charge in [-0.15, -0.1) is 0 Å². The van der Waals surface area contributed by atoms with Gasteiger partial charge in [-0.3, -0.25) is 0 Å². The summed E-state index contributed by atoms with van der Waals surface area (Å²) in [7, 11) is -0.747. The summed E-state index contributed by atoms with van der Waals surface area (Å²) in [5.74, 6) is 0. The molecule has 0 spiro atoms. The van der Waals surface area contributed by atoms with Crippen LogP contribution in [0.4, 0.5) is 0 Å². The highest BCUT2D eigenvalue weighted by Gasteiger charge is 2.10. The van der Waals surface area contributed by atoms with Gasteiger partial charge in [0.25, 0.3) is 0 Å². The topological polar surface area (TPSA) is 12.0 Å². The highest BCUT2D eigenvalue weighted by atomic mass is 28.3. The van der Waals surface area contributed by atoms with Gasteiger partial charge in [-0.1, -0.05) is 32.6 Å². The molecule has 10 heavy (non-hydrogen) atoms. The van der Waals surface area contributed by atoms with E-state index in [2.05, 4.69) is 31.9 Å². The lowest BCUT2D eigenvalue weighted by atomic mass is 10.5. The molecule has 1 N–H and O–H groups in total. The predicted octanol–water partition coefficient (Wildman–Crippen LogP) is 2.32. The van der Waals surface area contributed by atoms with Crippen LogP contribution in [0.2, 0.25) is 25.7 Å². The number of hydrogen-bond acceptors (Lipinski definition) is 1. The van der Waals surface area contributed by atoms with Crippen molar-refractivity contribution in [3.63, 3.8) is 0 Å². The third-order valence-corrected chi connectivity index (χ3v) is 3.38. The summed E-state index contributed by atoms with van der Waals surface area (Å²) >= 11 is 0. The molecule has 0 aromatic heterocycles. The Morgan fingerprint density at radius 1 is 1.20 bits per heavy atom. The van der Waals surface area contributed by atoms with Crippen molar-refractivity contribution in [1.29, 1.82) is 0 Å². The van der Waals surface area contributed by atoms with E-state index in [0.29, 0.717) is 0 Å². The molecule has 0 unspecified atom stereocenters. The van der Waals surface area contributed by atoms with Crippen molar-refractivity contribution in [2.24, 2.45) is 0 Å². The van der Waals surface area contributed by atoms with Gasteiger partial charge in [0.05, 0.1) is 0 Å². The zero-order valence-corrected chi connectivity index (χ0v) is 8.83. The van der Waals surface area contributed by atoms with Gasteiger partial charge < -0.3 is 5.32 Å². The Morgan fingerprint density at radius 3 is 2.20 bits per heavy atom. The Kier molecular flexibility index (Phi) is 5.00. The minimum absolute atomic E-state index is 0.747.